The number of benzene rings is 1. The second-order valence-electron chi connectivity index (χ2n) is 7.49. The largest absolute Gasteiger partial charge is 0.477 e. The van der Waals surface area contributed by atoms with E-state index < -0.39 is 38.7 Å². The average Bonchev–Trinajstić information content (AvgIpc) is 2.78. The lowest BCUT2D eigenvalue weighted by atomic mass is 9.83. The SMILES string of the molecule is N#CC1(NC(=O)COc2ccc(S(=O)(=O)N3CCOCC3)cc2[N+](=O)[O-])CCCCC1. The molecule has 1 amide bonds. The van der Waals surface area contributed by atoms with Crippen molar-refractivity contribution in [3.8, 4) is 11.8 Å². The van der Waals surface area contributed by atoms with Gasteiger partial charge in [-0.15, -0.1) is 0 Å². The number of hydrogen-bond acceptors (Lipinski definition) is 8. The number of nitro groups is 1. The molecule has 0 atom stereocenters. The zero-order valence-electron chi connectivity index (χ0n) is 16.9. The lowest BCUT2D eigenvalue weighted by Crippen LogP contribution is -2.50. The Balaban J connectivity index is 1.72. The number of hydrogen-bond donors (Lipinski definition) is 1. The van der Waals surface area contributed by atoms with E-state index >= 15 is 0 Å². The van der Waals surface area contributed by atoms with Crippen LogP contribution in [-0.4, -0.2) is 62.0 Å². The number of rotatable bonds is 7. The van der Waals surface area contributed by atoms with Gasteiger partial charge in [0, 0.05) is 19.2 Å². The van der Waals surface area contributed by atoms with Gasteiger partial charge in [0.25, 0.3) is 5.91 Å². The smallest absolute Gasteiger partial charge is 0.312 e. The first-order valence-electron chi connectivity index (χ1n) is 9.99. The molecular formula is C19H24N4O7S. The lowest BCUT2D eigenvalue weighted by Gasteiger charge is -2.31. The molecule has 3 rings (SSSR count). The average molecular weight is 452 g/mol. The van der Waals surface area contributed by atoms with Crippen molar-refractivity contribution in [2.45, 2.75) is 42.5 Å². The van der Waals surface area contributed by atoms with Crippen LogP contribution < -0.4 is 10.1 Å². The van der Waals surface area contributed by atoms with E-state index in [1.165, 1.54) is 16.4 Å². The van der Waals surface area contributed by atoms with Gasteiger partial charge in [0.1, 0.15) is 5.54 Å². The molecule has 2 aliphatic rings. The van der Waals surface area contributed by atoms with Crippen LogP contribution in [0.4, 0.5) is 5.69 Å². The number of amides is 1. The highest BCUT2D eigenvalue weighted by Crippen LogP contribution is 2.31. The lowest BCUT2D eigenvalue weighted by molar-refractivity contribution is -0.386. The van der Waals surface area contributed by atoms with Crippen LogP contribution in [0.3, 0.4) is 0 Å². The maximum absolute atomic E-state index is 12.7. The summed E-state index contributed by atoms with van der Waals surface area (Å²) in [5.74, 6) is -0.793. The first-order chi connectivity index (χ1) is 14.8. The van der Waals surface area contributed by atoms with Gasteiger partial charge in [-0.3, -0.25) is 14.9 Å². The van der Waals surface area contributed by atoms with Gasteiger partial charge in [0.05, 0.1) is 29.1 Å². The summed E-state index contributed by atoms with van der Waals surface area (Å²) in [5, 5.41) is 23.6. The van der Waals surface area contributed by atoms with Gasteiger partial charge in [0.2, 0.25) is 10.0 Å². The Labute approximate surface area is 180 Å². The second kappa shape index (κ2) is 9.59. The molecule has 31 heavy (non-hydrogen) atoms. The summed E-state index contributed by atoms with van der Waals surface area (Å²) >= 11 is 0. The molecule has 1 N–H and O–H groups in total. The molecule has 2 fully saturated rings. The summed E-state index contributed by atoms with van der Waals surface area (Å²) in [5.41, 5.74) is -1.50. The van der Waals surface area contributed by atoms with E-state index in [9.17, 15) is 28.6 Å². The molecule has 0 spiro atoms. The van der Waals surface area contributed by atoms with Crippen LogP contribution in [0.15, 0.2) is 23.1 Å². The third-order valence-electron chi connectivity index (χ3n) is 5.39. The molecule has 0 unspecified atom stereocenters. The fourth-order valence-corrected chi connectivity index (χ4v) is 5.15. The summed E-state index contributed by atoms with van der Waals surface area (Å²) < 4.78 is 37.1. The Morgan fingerprint density at radius 2 is 1.97 bits per heavy atom. The number of ether oxygens (including phenoxy) is 2. The van der Waals surface area contributed by atoms with Gasteiger partial charge < -0.3 is 14.8 Å². The number of carbonyl (C=O) groups is 1. The van der Waals surface area contributed by atoms with Gasteiger partial charge >= 0.3 is 5.69 Å². The first-order valence-corrected chi connectivity index (χ1v) is 11.4. The number of nitriles is 1. The van der Waals surface area contributed by atoms with Crippen molar-refractivity contribution in [2.75, 3.05) is 32.9 Å². The normalized spacial score (nSPS) is 19.2. The van der Waals surface area contributed by atoms with Crippen LogP contribution >= 0.6 is 0 Å². The Bertz CT molecular complexity index is 977. The van der Waals surface area contributed by atoms with Gasteiger partial charge in [-0.2, -0.15) is 9.57 Å². The van der Waals surface area contributed by atoms with Crippen LogP contribution in [0.2, 0.25) is 0 Å². The van der Waals surface area contributed by atoms with E-state index in [0.29, 0.717) is 12.8 Å². The summed E-state index contributed by atoms with van der Waals surface area (Å²) in [4.78, 5) is 22.8. The molecule has 1 aromatic carbocycles. The molecule has 1 aliphatic heterocycles. The Morgan fingerprint density at radius 1 is 1.29 bits per heavy atom. The molecule has 12 heteroatoms. The number of nitro benzene ring substituents is 1. The molecule has 1 saturated heterocycles. The van der Waals surface area contributed by atoms with Gasteiger partial charge in [-0.1, -0.05) is 19.3 Å². The Morgan fingerprint density at radius 3 is 2.58 bits per heavy atom. The van der Waals surface area contributed by atoms with E-state index in [0.717, 1.165) is 25.3 Å². The van der Waals surface area contributed by atoms with Crippen LogP contribution in [-0.2, 0) is 19.6 Å². The van der Waals surface area contributed by atoms with E-state index in [2.05, 4.69) is 11.4 Å². The van der Waals surface area contributed by atoms with Crippen LogP contribution in [0.5, 0.6) is 5.75 Å². The van der Waals surface area contributed by atoms with Crippen LogP contribution in [0.1, 0.15) is 32.1 Å². The predicted octanol–water partition coefficient (Wildman–Crippen LogP) is 1.34. The molecule has 1 aliphatic carbocycles. The Kier molecular flexibility index (Phi) is 7.09. The summed E-state index contributed by atoms with van der Waals surface area (Å²) in [6, 6.07) is 5.46. The van der Waals surface area contributed by atoms with Crippen molar-refractivity contribution >= 4 is 21.6 Å². The molecular weight excluding hydrogens is 428 g/mol. The molecule has 0 bridgehead atoms. The van der Waals surface area contributed by atoms with Crippen molar-refractivity contribution < 1.29 is 27.6 Å². The fourth-order valence-electron chi connectivity index (χ4n) is 3.72. The number of morpholine rings is 1. The number of carbonyl (C=O) groups excluding carboxylic acids is 1. The minimum absolute atomic E-state index is 0.162. The van der Waals surface area contributed by atoms with Gasteiger partial charge in [0.15, 0.2) is 12.4 Å². The van der Waals surface area contributed by atoms with E-state index in [-0.39, 0.29) is 36.9 Å². The zero-order chi connectivity index (χ0) is 22.5. The molecule has 1 aromatic rings. The molecule has 0 aromatic heterocycles. The zero-order valence-corrected chi connectivity index (χ0v) is 17.7. The number of sulfonamides is 1. The highest BCUT2D eigenvalue weighted by Gasteiger charge is 2.34. The van der Waals surface area contributed by atoms with Crippen LogP contribution in [0, 0.1) is 21.4 Å². The highest BCUT2D eigenvalue weighted by molar-refractivity contribution is 7.89. The topological polar surface area (TPSA) is 152 Å². The highest BCUT2D eigenvalue weighted by atomic mass is 32.2. The standard InChI is InChI=1S/C19H24N4O7S/c20-14-19(6-2-1-3-7-19)21-18(24)13-30-17-5-4-15(12-16(17)23(25)26)31(27,28)22-8-10-29-11-9-22/h4-5,12H,1-3,6-11,13H2,(H,21,24). The maximum atomic E-state index is 12.7. The quantitative estimate of drug-likeness (QED) is 0.480. The first kappa shape index (κ1) is 22.9. The maximum Gasteiger partial charge on any atom is 0.312 e. The van der Waals surface area contributed by atoms with Crippen molar-refractivity contribution in [3.05, 3.63) is 28.3 Å². The minimum atomic E-state index is -3.92. The second-order valence-corrected chi connectivity index (χ2v) is 9.43. The van der Waals surface area contributed by atoms with E-state index in [1.807, 2.05) is 0 Å². The molecule has 0 radical (unpaired) electrons. The van der Waals surface area contributed by atoms with Crippen molar-refractivity contribution in [1.82, 2.24) is 9.62 Å². The molecule has 1 saturated carbocycles. The Hall–Kier alpha value is -2.75. The molecule has 11 nitrogen and oxygen atoms in total. The van der Waals surface area contributed by atoms with E-state index in [4.69, 9.17) is 9.47 Å². The van der Waals surface area contributed by atoms with Gasteiger partial charge in [-0.05, 0) is 25.0 Å². The van der Waals surface area contributed by atoms with Crippen LogP contribution in [0.25, 0.3) is 0 Å². The minimum Gasteiger partial charge on any atom is -0.477 e. The van der Waals surface area contributed by atoms with Gasteiger partial charge in [-0.25, -0.2) is 8.42 Å². The fraction of sp³-hybridized carbons (Fsp3) is 0.579. The summed E-state index contributed by atoms with van der Waals surface area (Å²) in [6.45, 7) is 0.299. The third kappa shape index (κ3) is 5.30. The van der Waals surface area contributed by atoms with E-state index in [1.54, 1.807) is 0 Å². The molecule has 168 valence electrons. The molecule has 1 heterocycles. The number of nitrogens with one attached hydrogen (secondary N) is 1. The summed E-state index contributed by atoms with van der Waals surface area (Å²) in [7, 11) is -3.92. The van der Waals surface area contributed by atoms with Crippen molar-refractivity contribution in [2.24, 2.45) is 0 Å². The third-order valence-corrected chi connectivity index (χ3v) is 7.29. The monoisotopic (exact) mass is 452 g/mol. The summed E-state index contributed by atoms with van der Waals surface area (Å²) in [6.07, 6.45) is 3.76. The van der Waals surface area contributed by atoms with Crippen molar-refractivity contribution in [1.29, 1.82) is 5.26 Å². The van der Waals surface area contributed by atoms with Crippen molar-refractivity contribution in [3.63, 3.8) is 0 Å². The number of nitrogens with zero attached hydrogens (tertiary/aromatic N) is 3. The predicted molar refractivity (Wildman–Crippen MR) is 108 cm³/mol.